The summed E-state index contributed by atoms with van der Waals surface area (Å²) in [6.45, 7) is 1.88. The summed E-state index contributed by atoms with van der Waals surface area (Å²) in [5.74, 6) is -1.37. The zero-order valence-corrected chi connectivity index (χ0v) is 13.9. The van der Waals surface area contributed by atoms with Crippen LogP contribution in [0.2, 0.25) is 0 Å². The van der Waals surface area contributed by atoms with Crippen molar-refractivity contribution in [3.8, 4) is 11.6 Å². The molecule has 3 rings (SSSR count). The zero-order chi connectivity index (χ0) is 14.7. The van der Waals surface area contributed by atoms with Crippen LogP contribution in [-0.2, 0) is 0 Å². The maximum absolute atomic E-state index is 13.7. The zero-order valence-electron chi connectivity index (χ0n) is 12.3. The molecule has 1 fully saturated rings. The normalized spacial score (nSPS) is 14.5. The Labute approximate surface area is 146 Å². The molecule has 0 saturated carbocycles. The second-order valence-corrected chi connectivity index (χ2v) is 5.08. The van der Waals surface area contributed by atoms with Crippen molar-refractivity contribution < 1.29 is 13.5 Å². The van der Waals surface area contributed by atoms with Crippen molar-refractivity contribution in [2.24, 2.45) is 0 Å². The molecule has 2 heterocycles. The number of nitrogens with zero attached hydrogens (tertiary/aromatic N) is 1. The topological polar surface area (TPSA) is 34.1 Å². The highest BCUT2D eigenvalue weighted by atomic mass is 35.5. The molecule has 7 heteroatoms. The Morgan fingerprint density at radius 1 is 1.04 bits per heavy atom. The molecule has 0 atom stereocenters. The number of aromatic nitrogens is 1. The van der Waals surface area contributed by atoms with Gasteiger partial charge in [-0.05, 0) is 50.0 Å². The summed E-state index contributed by atoms with van der Waals surface area (Å²) in [4.78, 5) is 4.19. The fourth-order valence-corrected chi connectivity index (χ4v) is 2.60. The third kappa shape index (κ3) is 4.53. The average molecular weight is 363 g/mol. The SMILES string of the molecule is Cl.Cl.Fc1cccc(Oc2ncccc2C2CCNCC2)c1F. The molecule has 1 saturated heterocycles. The minimum Gasteiger partial charge on any atom is -0.436 e. The van der Waals surface area contributed by atoms with Crippen molar-refractivity contribution in [3.63, 3.8) is 0 Å². The van der Waals surface area contributed by atoms with Gasteiger partial charge >= 0.3 is 0 Å². The van der Waals surface area contributed by atoms with E-state index in [1.54, 1.807) is 6.20 Å². The van der Waals surface area contributed by atoms with Crippen LogP contribution in [-0.4, -0.2) is 18.1 Å². The number of rotatable bonds is 3. The Morgan fingerprint density at radius 2 is 1.78 bits per heavy atom. The van der Waals surface area contributed by atoms with Gasteiger partial charge in [-0.2, -0.15) is 4.39 Å². The summed E-state index contributed by atoms with van der Waals surface area (Å²) in [5.41, 5.74) is 0.947. The standard InChI is InChI=1S/C16H16F2N2O.2ClH/c17-13-4-1-5-14(15(13)18)21-16-12(3-2-8-20-16)11-6-9-19-10-7-11;;/h1-5,8,11,19H,6-7,9-10H2;2*1H. The quantitative estimate of drug-likeness (QED) is 0.874. The molecule has 0 radical (unpaired) electrons. The summed E-state index contributed by atoms with van der Waals surface area (Å²) in [6.07, 6.45) is 3.55. The minimum absolute atomic E-state index is 0. The molecule has 1 aliphatic heterocycles. The number of ether oxygens (including phenoxy) is 1. The van der Waals surface area contributed by atoms with Gasteiger partial charge in [0.15, 0.2) is 11.6 Å². The highest BCUT2D eigenvalue weighted by Gasteiger charge is 2.21. The molecular weight excluding hydrogens is 345 g/mol. The third-order valence-electron chi connectivity index (χ3n) is 3.70. The number of halogens is 4. The van der Waals surface area contributed by atoms with Crippen LogP contribution in [0.1, 0.15) is 24.3 Å². The maximum atomic E-state index is 13.7. The fourth-order valence-electron chi connectivity index (χ4n) is 2.60. The van der Waals surface area contributed by atoms with E-state index in [2.05, 4.69) is 10.3 Å². The van der Waals surface area contributed by atoms with Crippen molar-refractivity contribution in [2.45, 2.75) is 18.8 Å². The van der Waals surface area contributed by atoms with Crippen LogP contribution in [0, 0.1) is 11.6 Å². The molecule has 0 aliphatic carbocycles. The Bertz CT molecular complexity index is 637. The van der Waals surface area contributed by atoms with Gasteiger partial charge in [0.2, 0.25) is 11.7 Å². The summed E-state index contributed by atoms with van der Waals surface area (Å²) in [6, 6.07) is 7.66. The first kappa shape index (κ1) is 19.6. The summed E-state index contributed by atoms with van der Waals surface area (Å²) in [7, 11) is 0. The van der Waals surface area contributed by atoms with E-state index in [1.807, 2.05) is 12.1 Å². The molecule has 23 heavy (non-hydrogen) atoms. The largest absolute Gasteiger partial charge is 0.436 e. The minimum atomic E-state index is -0.987. The molecule has 1 aromatic heterocycles. The van der Waals surface area contributed by atoms with Crippen molar-refractivity contribution >= 4 is 24.8 Å². The molecule has 126 valence electrons. The van der Waals surface area contributed by atoms with E-state index in [0.717, 1.165) is 37.6 Å². The number of pyridine rings is 1. The molecule has 1 aliphatic rings. The van der Waals surface area contributed by atoms with Crippen LogP contribution >= 0.6 is 24.8 Å². The smallest absolute Gasteiger partial charge is 0.222 e. The lowest BCUT2D eigenvalue weighted by Crippen LogP contribution is -2.26. The van der Waals surface area contributed by atoms with Crippen LogP contribution < -0.4 is 10.1 Å². The molecule has 1 N–H and O–H groups in total. The van der Waals surface area contributed by atoms with Gasteiger partial charge in [-0.25, -0.2) is 9.37 Å². The van der Waals surface area contributed by atoms with E-state index >= 15 is 0 Å². The van der Waals surface area contributed by atoms with Gasteiger partial charge in [0, 0.05) is 11.8 Å². The lowest BCUT2D eigenvalue weighted by Gasteiger charge is -2.24. The lowest BCUT2D eigenvalue weighted by atomic mass is 9.91. The second kappa shape index (κ2) is 9.01. The van der Waals surface area contributed by atoms with Gasteiger partial charge in [0.1, 0.15) is 0 Å². The highest BCUT2D eigenvalue weighted by Crippen LogP contribution is 2.34. The lowest BCUT2D eigenvalue weighted by molar-refractivity contribution is 0.388. The van der Waals surface area contributed by atoms with Crippen molar-refractivity contribution in [1.29, 1.82) is 0 Å². The fraction of sp³-hybridized carbons (Fsp3) is 0.312. The molecule has 0 bridgehead atoms. The molecule has 2 aromatic rings. The van der Waals surface area contributed by atoms with Gasteiger partial charge in [-0.15, -0.1) is 24.8 Å². The molecular formula is C16H18Cl2F2N2O. The van der Waals surface area contributed by atoms with Crippen molar-refractivity contribution in [2.75, 3.05) is 13.1 Å². The third-order valence-corrected chi connectivity index (χ3v) is 3.70. The van der Waals surface area contributed by atoms with E-state index in [4.69, 9.17) is 4.74 Å². The Balaban J connectivity index is 0.00000132. The van der Waals surface area contributed by atoms with Gasteiger partial charge in [0.05, 0.1) is 0 Å². The number of hydrogen-bond acceptors (Lipinski definition) is 3. The van der Waals surface area contributed by atoms with Gasteiger partial charge in [-0.1, -0.05) is 12.1 Å². The van der Waals surface area contributed by atoms with E-state index in [0.29, 0.717) is 11.8 Å². The summed E-state index contributed by atoms with van der Waals surface area (Å²) < 4.78 is 32.5. The Hall–Kier alpha value is -1.43. The Kier molecular flexibility index (Phi) is 7.68. The molecule has 0 amide bonds. The summed E-state index contributed by atoms with van der Waals surface area (Å²) >= 11 is 0. The average Bonchev–Trinajstić information content (AvgIpc) is 2.53. The number of hydrogen-bond donors (Lipinski definition) is 1. The first-order valence-electron chi connectivity index (χ1n) is 7.03. The van der Waals surface area contributed by atoms with E-state index < -0.39 is 11.6 Å². The first-order chi connectivity index (χ1) is 10.3. The number of piperidine rings is 1. The highest BCUT2D eigenvalue weighted by molar-refractivity contribution is 5.85. The first-order valence-corrected chi connectivity index (χ1v) is 7.03. The maximum Gasteiger partial charge on any atom is 0.222 e. The predicted molar refractivity (Wildman–Crippen MR) is 90.0 cm³/mol. The van der Waals surface area contributed by atoms with E-state index in [1.165, 1.54) is 12.1 Å². The monoisotopic (exact) mass is 362 g/mol. The van der Waals surface area contributed by atoms with Crippen LogP contribution in [0.3, 0.4) is 0 Å². The van der Waals surface area contributed by atoms with E-state index in [9.17, 15) is 8.78 Å². The van der Waals surface area contributed by atoms with Crippen molar-refractivity contribution in [3.05, 3.63) is 53.7 Å². The van der Waals surface area contributed by atoms with Crippen molar-refractivity contribution in [1.82, 2.24) is 10.3 Å². The number of nitrogens with one attached hydrogen (secondary N) is 1. The number of benzene rings is 1. The summed E-state index contributed by atoms with van der Waals surface area (Å²) in [5, 5.41) is 3.30. The van der Waals surface area contributed by atoms with Gasteiger partial charge in [0.25, 0.3) is 0 Å². The molecule has 0 spiro atoms. The second-order valence-electron chi connectivity index (χ2n) is 5.08. The van der Waals surface area contributed by atoms with E-state index in [-0.39, 0.29) is 30.6 Å². The molecule has 3 nitrogen and oxygen atoms in total. The molecule has 0 unspecified atom stereocenters. The van der Waals surface area contributed by atoms with Crippen LogP contribution in [0.15, 0.2) is 36.5 Å². The van der Waals surface area contributed by atoms with Crippen LogP contribution in [0.4, 0.5) is 8.78 Å². The van der Waals surface area contributed by atoms with Crippen LogP contribution in [0.25, 0.3) is 0 Å². The molecule has 1 aromatic carbocycles. The Morgan fingerprint density at radius 3 is 2.52 bits per heavy atom. The van der Waals surface area contributed by atoms with Gasteiger partial charge in [-0.3, -0.25) is 0 Å². The van der Waals surface area contributed by atoms with Crippen LogP contribution in [0.5, 0.6) is 11.6 Å². The van der Waals surface area contributed by atoms with Gasteiger partial charge < -0.3 is 10.1 Å². The predicted octanol–water partition coefficient (Wildman–Crippen LogP) is 4.46.